The van der Waals surface area contributed by atoms with E-state index >= 15 is 0 Å². The summed E-state index contributed by atoms with van der Waals surface area (Å²) >= 11 is 0. The van der Waals surface area contributed by atoms with Crippen LogP contribution in [0.15, 0.2) is 47.6 Å². The maximum Gasteiger partial charge on any atom is 0.416 e. The van der Waals surface area contributed by atoms with Crippen LogP contribution in [-0.4, -0.2) is 11.0 Å². The van der Waals surface area contributed by atoms with E-state index in [0.29, 0.717) is 22.4 Å². The van der Waals surface area contributed by atoms with E-state index in [4.69, 9.17) is 16.7 Å². The van der Waals surface area contributed by atoms with Crippen molar-refractivity contribution < 1.29 is 18.4 Å². The van der Waals surface area contributed by atoms with Crippen molar-refractivity contribution in [1.82, 2.24) is 0 Å². The maximum atomic E-state index is 12.5. The molecule has 110 valence electrons. The van der Waals surface area contributed by atoms with Gasteiger partial charge in [0, 0.05) is 11.3 Å². The standard InChI is InChI=1S/C14H12F3N3O/c15-14(16,17)10-4-1-8(2-5-10)9-3-6-12(18)11(7-9)13(19)20-21/h1-7,21H,18H2,(H2,19,20). The Labute approximate surface area is 118 Å². The van der Waals surface area contributed by atoms with Crippen molar-refractivity contribution in [2.45, 2.75) is 6.18 Å². The molecule has 0 aromatic heterocycles. The fraction of sp³-hybridized carbons (Fsp3) is 0.0714. The molecular weight excluding hydrogens is 283 g/mol. The lowest BCUT2D eigenvalue weighted by Crippen LogP contribution is -2.15. The Bertz CT molecular complexity index is 679. The number of nitrogen functional groups attached to an aromatic ring is 1. The normalized spacial score (nSPS) is 12.4. The summed E-state index contributed by atoms with van der Waals surface area (Å²) in [6.07, 6.45) is -4.38. The molecule has 0 radical (unpaired) electrons. The van der Waals surface area contributed by atoms with Crippen LogP contribution in [0.1, 0.15) is 11.1 Å². The van der Waals surface area contributed by atoms with Crippen LogP contribution in [0.3, 0.4) is 0 Å². The molecule has 7 heteroatoms. The Morgan fingerprint density at radius 3 is 2.10 bits per heavy atom. The van der Waals surface area contributed by atoms with Crippen LogP contribution in [0.2, 0.25) is 0 Å². The molecule has 0 saturated carbocycles. The van der Waals surface area contributed by atoms with Gasteiger partial charge in [0.25, 0.3) is 0 Å². The number of benzene rings is 2. The predicted octanol–water partition coefficient (Wildman–Crippen LogP) is 3.05. The van der Waals surface area contributed by atoms with Gasteiger partial charge in [-0.2, -0.15) is 13.2 Å². The van der Waals surface area contributed by atoms with E-state index in [-0.39, 0.29) is 5.84 Å². The first-order chi connectivity index (χ1) is 9.82. The molecule has 0 unspecified atom stereocenters. The first-order valence-electron chi connectivity index (χ1n) is 5.88. The lowest BCUT2D eigenvalue weighted by Gasteiger charge is -2.10. The molecule has 0 heterocycles. The molecule has 0 bridgehead atoms. The van der Waals surface area contributed by atoms with Crippen LogP contribution in [0.25, 0.3) is 11.1 Å². The molecule has 2 aromatic carbocycles. The van der Waals surface area contributed by atoms with Crippen molar-refractivity contribution in [1.29, 1.82) is 0 Å². The third-order valence-electron chi connectivity index (χ3n) is 2.98. The third-order valence-corrected chi connectivity index (χ3v) is 2.98. The Hall–Kier alpha value is -2.70. The van der Waals surface area contributed by atoms with Gasteiger partial charge in [-0.25, -0.2) is 0 Å². The molecule has 4 nitrogen and oxygen atoms in total. The quantitative estimate of drug-likeness (QED) is 0.262. The molecule has 0 aliphatic rings. The monoisotopic (exact) mass is 295 g/mol. The molecular formula is C14H12F3N3O. The number of hydrogen-bond acceptors (Lipinski definition) is 3. The first-order valence-corrected chi connectivity index (χ1v) is 5.88. The summed E-state index contributed by atoms with van der Waals surface area (Å²) in [6, 6.07) is 9.43. The molecule has 2 aromatic rings. The number of nitrogens with two attached hydrogens (primary N) is 2. The number of rotatable bonds is 2. The minimum Gasteiger partial charge on any atom is -0.409 e. The van der Waals surface area contributed by atoms with Crippen LogP contribution < -0.4 is 11.5 Å². The highest BCUT2D eigenvalue weighted by Crippen LogP contribution is 2.31. The Kier molecular flexibility index (Phi) is 3.75. The fourth-order valence-corrected chi connectivity index (χ4v) is 1.86. The minimum absolute atomic E-state index is 0.165. The van der Waals surface area contributed by atoms with Gasteiger partial charge in [0.1, 0.15) is 0 Å². The number of oxime groups is 1. The van der Waals surface area contributed by atoms with E-state index in [1.807, 2.05) is 0 Å². The van der Waals surface area contributed by atoms with Crippen LogP contribution in [0, 0.1) is 0 Å². The fourth-order valence-electron chi connectivity index (χ4n) is 1.86. The highest BCUT2D eigenvalue weighted by Gasteiger charge is 2.29. The molecule has 0 fully saturated rings. The molecule has 0 saturated heterocycles. The van der Waals surface area contributed by atoms with Gasteiger partial charge in [-0.15, -0.1) is 0 Å². The average Bonchev–Trinajstić information content (AvgIpc) is 2.46. The maximum absolute atomic E-state index is 12.5. The average molecular weight is 295 g/mol. The summed E-state index contributed by atoms with van der Waals surface area (Å²) in [5.74, 6) is -0.165. The summed E-state index contributed by atoms with van der Waals surface area (Å²) in [7, 11) is 0. The second-order valence-corrected chi connectivity index (χ2v) is 4.36. The Balaban J connectivity index is 2.43. The van der Waals surface area contributed by atoms with Crippen LogP contribution in [0.5, 0.6) is 0 Å². The molecule has 2 rings (SSSR count). The van der Waals surface area contributed by atoms with Gasteiger partial charge in [-0.3, -0.25) is 0 Å². The second-order valence-electron chi connectivity index (χ2n) is 4.36. The Morgan fingerprint density at radius 1 is 1.00 bits per heavy atom. The predicted molar refractivity (Wildman–Crippen MR) is 73.8 cm³/mol. The van der Waals surface area contributed by atoms with Gasteiger partial charge >= 0.3 is 6.18 Å². The van der Waals surface area contributed by atoms with Crippen molar-refractivity contribution in [3.05, 3.63) is 53.6 Å². The number of halogens is 3. The van der Waals surface area contributed by atoms with Gasteiger partial charge in [-0.05, 0) is 35.4 Å². The van der Waals surface area contributed by atoms with Gasteiger partial charge in [-0.1, -0.05) is 23.4 Å². The van der Waals surface area contributed by atoms with Gasteiger partial charge < -0.3 is 16.7 Å². The summed E-state index contributed by atoms with van der Waals surface area (Å²) in [5.41, 5.74) is 12.3. The minimum atomic E-state index is -4.38. The number of hydrogen-bond donors (Lipinski definition) is 3. The van der Waals surface area contributed by atoms with E-state index < -0.39 is 11.7 Å². The number of amidine groups is 1. The summed E-state index contributed by atoms with van der Waals surface area (Å²) in [4.78, 5) is 0. The van der Waals surface area contributed by atoms with E-state index in [1.54, 1.807) is 18.2 Å². The van der Waals surface area contributed by atoms with Gasteiger partial charge in [0.2, 0.25) is 0 Å². The lowest BCUT2D eigenvalue weighted by atomic mass is 10.0. The van der Waals surface area contributed by atoms with Crippen LogP contribution in [0.4, 0.5) is 18.9 Å². The van der Waals surface area contributed by atoms with Gasteiger partial charge in [0.15, 0.2) is 5.84 Å². The first kappa shape index (κ1) is 14.7. The number of alkyl halides is 3. The van der Waals surface area contributed by atoms with E-state index in [0.717, 1.165) is 12.1 Å². The van der Waals surface area contributed by atoms with Crippen molar-refractivity contribution in [2.75, 3.05) is 5.73 Å². The zero-order valence-corrected chi connectivity index (χ0v) is 10.7. The van der Waals surface area contributed by atoms with Gasteiger partial charge in [0.05, 0.1) is 5.56 Å². The lowest BCUT2D eigenvalue weighted by molar-refractivity contribution is -0.137. The second kappa shape index (κ2) is 5.35. The molecule has 0 atom stereocenters. The molecule has 21 heavy (non-hydrogen) atoms. The van der Waals surface area contributed by atoms with Crippen molar-refractivity contribution in [2.24, 2.45) is 10.9 Å². The zero-order valence-electron chi connectivity index (χ0n) is 10.7. The highest BCUT2D eigenvalue weighted by molar-refractivity contribution is 6.02. The SMILES string of the molecule is N/C(=N\O)c1cc(-c2ccc(C(F)(F)F)cc2)ccc1N. The van der Waals surface area contributed by atoms with Crippen LogP contribution >= 0.6 is 0 Å². The summed E-state index contributed by atoms with van der Waals surface area (Å²) in [5, 5.41) is 11.5. The van der Waals surface area contributed by atoms with Crippen LogP contribution in [-0.2, 0) is 6.18 Å². The number of nitrogens with zero attached hydrogens (tertiary/aromatic N) is 1. The zero-order chi connectivity index (χ0) is 15.6. The molecule has 0 spiro atoms. The summed E-state index contributed by atoms with van der Waals surface area (Å²) < 4.78 is 37.5. The molecule has 0 aliphatic carbocycles. The molecule has 5 N–H and O–H groups in total. The van der Waals surface area contributed by atoms with E-state index in [1.165, 1.54) is 12.1 Å². The third kappa shape index (κ3) is 3.07. The topological polar surface area (TPSA) is 84.6 Å². The molecule has 0 aliphatic heterocycles. The van der Waals surface area contributed by atoms with E-state index in [2.05, 4.69) is 5.16 Å². The number of anilines is 1. The molecule has 0 amide bonds. The smallest absolute Gasteiger partial charge is 0.409 e. The largest absolute Gasteiger partial charge is 0.416 e. The highest BCUT2D eigenvalue weighted by atomic mass is 19.4. The van der Waals surface area contributed by atoms with E-state index in [9.17, 15) is 13.2 Å². The van der Waals surface area contributed by atoms with Crippen molar-refractivity contribution in [3.63, 3.8) is 0 Å². The Morgan fingerprint density at radius 2 is 1.57 bits per heavy atom. The summed E-state index contributed by atoms with van der Waals surface area (Å²) in [6.45, 7) is 0. The van der Waals surface area contributed by atoms with Crippen molar-refractivity contribution >= 4 is 11.5 Å². The van der Waals surface area contributed by atoms with Crippen molar-refractivity contribution in [3.8, 4) is 11.1 Å².